The molecule has 2 aromatic carbocycles. The molecule has 5 nitrogen and oxygen atoms in total. The first kappa shape index (κ1) is 16.0. The molecule has 0 fully saturated rings. The van der Waals surface area contributed by atoms with Crippen LogP contribution in [0.2, 0.25) is 0 Å². The van der Waals surface area contributed by atoms with Crippen LogP contribution >= 0.6 is 15.9 Å². The van der Waals surface area contributed by atoms with Crippen molar-refractivity contribution in [2.45, 2.75) is 0 Å². The molecule has 1 amide bonds. The van der Waals surface area contributed by atoms with Gasteiger partial charge in [-0.2, -0.15) is 0 Å². The molecule has 0 radical (unpaired) electrons. The Hall–Kier alpha value is -2.41. The molecule has 2 rings (SSSR count). The van der Waals surface area contributed by atoms with Crippen molar-refractivity contribution in [2.75, 3.05) is 17.7 Å². The van der Waals surface area contributed by atoms with Crippen molar-refractivity contribution < 1.29 is 18.7 Å². The Balaban J connectivity index is 1.93. The summed E-state index contributed by atoms with van der Waals surface area (Å²) in [6.45, 7) is -0.499. The Morgan fingerprint density at radius 3 is 2.73 bits per heavy atom. The van der Waals surface area contributed by atoms with Gasteiger partial charge in [-0.25, -0.2) is 9.18 Å². The summed E-state index contributed by atoms with van der Waals surface area (Å²) in [7, 11) is 0. The first-order chi connectivity index (χ1) is 10.5. The van der Waals surface area contributed by atoms with E-state index in [2.05, 4.69) is 21.2 Å². The predicted octanol–water partition coefficient (Wildman–Crippen LogP) is 2.97. The molecule has 0 spiro atoms. The van der Waals surface area contributed by atoms with Gasteiger partial charge in [-0.15, -0.1) is 0 Å². The minimum absolute atomic E-state index is 0.160. The van der Waals surface area contributed by atoms with Crippen LogP contribution < -0.4 is 11.1 Å². The lowest BCUT2D eigenvalue weighted by molar-refractivity contribution is -0.119. The van der Waals surface area contributed by atoms with Crippen LogP contribution in [-0.4, -0.2) is 18.5 Å². The third-order valence-corrected chi connectivity index (χ3v) is 3.17. The second-order valence-corrected chi connectivity index (χ2v) is 5.28. The average molecular weight is 367 g/mol. The van der Waals surface area contributed by atoms with E-state index in [0.717, 1.165) is 6.07 Å². The largest absolute Gasteiger partial charge is 0.452 e. The standard InChI is InChI=1S/C15H12BrFN2O3/c16-9-4-5-13(18)12(6-9)15(21)22-8-14(20)19-11-3-1-2-10(17)7-11/h1-7H,8,18H2,(H,19,20). The number of carbonyl (C=O) groups excluding carboxylic acids is 2. The smallest absolute Gasteiger partial charge is 0.340 e. The van der Waals surface area contributed by atoms with E-state index in [4.69, 9.17) is 10.5 Å². The second kappa shape index (κ2) is 7.04. The van der Waals surface area contributed by atoms with Crippen molar-refractivity contribution in [1.29, 1.82) is 0 Å². The SMILES string of the molecule is Nc1ccc(Br)cc1C(=O)OCC(=O)Nc1cccc(F)c1. The van der Waals surface area contributed by atoms with Crippen molar-refractivity contribution in [3.05, 3.63) is 58.3 Å². The minimum atomic E-state index is -0.715. The van der Waals surface area contributed by atoms with Gasteiger partial charge in [0.2, 0.25) is 0 Å². The molecular weight excluding hydrogens is 355 g/mol. The van der Waals surface area contributed by atoms with Gasteiger partial charge >= 0.3 is 5.97 Å². The quantitative estimate of drug-likeness (QED) is 0.643. The predicted molar refractivity (Wildman–Crippen MR) is 83.9 cm³/mol. The first-order valence-electron chi connectivity index (χ1n) is 6.23. The third kappa shape index (κ3) is 4.29. The Morgan fingerprint density at radius 2 is 2.00 bits per heavy atom. The Kier molecular flexibility index (Phi) is 5.11. The summed E-state index contributed by atoms with van der Waals surface area (Å²) >= 11 is 3.22. The van der Waals surface area contributed by atoms with E-state index in [-0.39, 0.29) is 16.9 Å². The van der Waals surface area contributed by atoms with Gasteiger partial charge in [0.15, 0.2) is 6.61 Å². The van der Waals surface area contributed by atoms with E-state index in [9.17, 15) is 14.0 Å². The minimum Gasteiger partial charge on any atom is -0.452 e. The molecule has 114 valence electrons. The highest BCUT2D eigenvalue weighted by molar-refractivity contribution is 9.10. The van der Waals surface area contributed by atoms with E-state index < -0.39 is 24.3 Å². The first-order valence-corrected chi connectivity index (χ1v) is 7.02. The van der Waals surface area contributed by atoms with Crippen LogP contribution in [0, 0.1) is 5.82 Å². The summed E-state index contributed by atoms with van der Waals surface area (Å²) in [6.07, 6.45) is 0. The van der Waals surface area contributed by atoms with Gasteiger partial charge in [-0.1, -0.05) is 22.0 Å². The number of halogens is 2. The van der Waals surface area contributed by atoms with Crippen LogP contribution in [0.1, 0.15) is 10.4 Å². The lowest BCUT2D eigenvalue weighted by Crippen LogP contribution is -2.21. The van der Waals surface area contributed by atoms with Gasteiger partial charge in [-0.05, 0) is 36.4 Å². The molecule has 0 heterocycles. The van der Waals surface area contributed by atoms with Crippen LogP contribution in [0.25, 0.3) is 0 Å². The van der Waals surface area contributed by atoms with Crippen molar-refractivity contribution in [1.82, 2.24) is 0 Å². The number of amides is 1. The molecular formula is C15H12BrFN2O3. The summed E-state index contributed by atoms with van der Waals surface area (Å²) in [4.78, 5) is 23.5. The van der Waals surface area contributed by atoms with E-state index >= 15 is 0 Å². The van der Waals surface area contributed by atoms with Crippen LogP contribution in [0.15, 0.2) is 46.9 Å². The zero-order valence-corrected chi connectivity index (χ0v) is 12.9. The monoisotopic (exact) mass is 366 g/mol. The molecule has 0 unspecified atom stereocenters. The molecule has 0 saturated carbocycles. The second-order valence-electron chi connectivity index (χ2n) is 4.37. The molecule has 22 heavy (non-hydrogen) atoms. The summed E-state index contributed by atoms with van der Waals surface area (Å²) < 4.78 is 18.5. The van der Waals surface area contributed by atoms with Gasteiger partial charge in [-0.3, -0.25) is 4.79 Å². The highest BCUT2D eigenvalue weighted by Crippen LogP contribution is 2.19. The number of benzene rings is 2. The van der Waals surface area contributed by atoms with E-state index in [1.807, 2.05) is 0 Å². The van der Waals surface area contributed by atoms with Gasteiger partial charge in [0.1, 0.15) is 5.82 Å². The van der Waals surface area contributed by atoms with Crippen molar-refractivity contribution in [2.24, 2.45) is 0 Å². The number of esters is 1. The lowest BCUT2D eigenvalue weighted by Gasteiger charge is -2.08. The summed E-state index contributed by atoms with van der Waals surface area (Å²) in [5.74, 6) is -1.77. The molecule has 0 aliphatic rings. The molecule has 0 bridgehead atoms. The number of hydrogen-bond acceptors (Lipinski definition) is 4. The fourth-order valence-electron chi connectivity index (χ4n) is 1.68. The highest BCUT2D eigenvalue weighted by Gasteiger charge is 2.14. The van der Waals surface area contributed by atoms with Gasteiger partial charge in [0, 0.05) is 15.8 Å². The molecule has 0 atom stereocenters. The van der Waals surface area contributed by atoms with Crippen molar-refractivity contribution in [3.63, 3.8) is 0 Å². The van der Waals surface area contributed by atoms with E-state index in [0.29, 0.717) is 4.47 Å². The highest BCUT2D eigenvalue weighted by atomic mass is 79.9. The van der Waals surface area contributed by atoms with Crippen LogP contribution in [0.3, 0.4) is 0 Å². The molecule has 2 aromatic rings. The normalized spacial score (nSPS) is 10.1. The number of nitrogen functional groups attached to an aromatic ring is 1. The van der Waals surface area contributed by atoms with Gasteiger partial charge in [0.25, 0.3) is 5.91 Å². The Labute approximate surface area is 134 Å². The maximum absolute atomic E-state index is 13.0. The zero-order valence-electron chi connectivity index (χ0n) is 11.3. The average Bonchev–Trinajstić information content (AvgIpc) is 2.47. The lowest BCUT2D eigenvalue weighted by atomic mass is 10.2. The third-order valence-electron chi connectivity index (χ3n) is 2.68. The number of hydrogen-bond donors (Lipinski definition) is 2. The Bertz CT molecular complexity index is 722. The molecule has 3 N–H and O–H groups in total. The van der Waals surface area contributed by atoms with Crippen LogP contribution in [0.4, 0.5) is 15.8 Å². The van der Waals surface area contributed by atoms with Gasteiger partial charge in [0.05, 0.1) is 5.56 Å². The molecule has 0 aliphatic carbocycles. The summed E-state index contributed by atoms with van der Waals surface area (Å²) in [5.41, 5.74) is 6.36. The number of nitrogens with one attached hydrogen (secondary N) is 1. The fraction of sp³-hybridized carbons (Fsp3) is 0.0667. The van der Waals surface area contributed by atoms with Crippen LogP contribution in [-0.2, 0) is 9.53 Å². The van der Waals surface area contributed by atoms with Gasteiger partial charge < -0.3 is 15.8 Å². The van der Waals surface area contributed by atoms with E-state index in [1.54, 1.807) is 12.1 Å². The molecule has 0 saturated heterocycles. The van der Waals surface area contributed by atoms with E-state index in [1.165, 1.54) is 24.3 Å². The van der Waals surface area contributed by atoms with Crippen molar-refractivity contribution >= 4 is 39.2 Å². The number of rotatable bonds is 4. The summed E-state index contributed by atoms with van der Waals surface area (Å²) in [5, 5.41) is 2.42. The number of carbonyl (C=O) groups is 2. The topological polar surface area (TPSA) is 81.4 Å². The molecule has 0 aromatic heterocycles. The maximum atomic E-state index is 13.0. The van der Waals surface area contributed by atoms with Crippen LogP contribution in [0.5, 0.6) is 0 Å². The number of anilines is 2. The Morgan fingerprint density at radius 1 is 1.23 bits per heavy atom. The maximum Gasteiger partial charge on any atom is 0.340 e. The zero-order chi connectivity index (χ0) is 16.1. The number of nitrogens with two attached hydrogens (primary N) is 1. The van der Waals surface area contributed by atoms with Crippen molar-refractivity contribution in [3.8, 4) is 0 Å². The molecule has 7 heteroatoms. The molecule has 0 aliphatic heterocycles. The fourth-order valence-corrected chi connectivity index (χ4v) is 2.04. The summed E-state index contributed by atoms with van der Waals surface area (Å²) in [6, 6.07) is 10.1. The number of ether oxygens (including phenoxy) is 1.